The second-order valence-corrected chi connectivity index (χ2v) is 10.7. The maximum absolute atomic E-state index is 12.6. The van der Waals surface area contributed by atoms with Gasteiger partial charge in [-0.2, -0.15) is 15.1 Å². The minimum atomic E-state index is -0.535. The van der Waals surface area contributed by atoms with E-state index in [1.165, 1.54) is 0 Å². The highest BCUT2D eigenvalue weighted by Crippen LogP contribution is 2.29. The molecule has 0 saturated heterocycles. The number of carbonyl (C=O) groups excluding carboxylic acids is 3. The average molecular weight is 707 g/mol. The Labute approximate surface area is 301 Å². The Kier molecular flexibility index (Phi) is 15.4. The molecule has 0 aliphatic carbocycles. The van der Waals surface area contributed by atoms with Crippen LogP contribution < -0.4 is 23.8 Å². The van der Waals surface area contributed by atoms with Crippen LogP contribution in [-0.4, -0.2) is 50.2 Å². The number of hydrogen-bond donors (Lipinski definition) is 0. The number of hydrogen-bond acceptors (Lipinski definition) is 12. The van der Waals surface area contributed by atoms with Gasteiger partial charge in [-0.15, -0.1) is 0 Å². The molecule has 0 radical (unpaired) electrons. The van der Waals surface area contributed by atoms with Crippen LogP contribution in [0.25, 0.3) is 0 Å². The molecule has 0 fully saturated rings. The minimum absolute atomic E-state index is 0.147. The van der Waals surface area contributed by atoms with Crippen molar-refractivity contribution in [2.24, 2.45) is 10.2 Å². The summed E-state index contributed by atoms with van der Waals surface area (Å²) in [5.41, 5.74) is 2.66. The fourth-order valence-corrected chi connectivity index (χ4v) is 4.22. The van der Waals surface area contributed by atoms with Crippen LogP contribution in [0.15, 0.2) is 127 Å². The third-order valence-corrected chi connectivity index (χ3v) is 6.83. The summed E-state index contributed by atoms with van der Waals surface area (Å²) in [6, 6.07) is 25.5. The number of unbranched alkanes of at least 4 members (excludes halogenated alkanes) is 1. The summed E-state index contributed by atoms with van der Waals surface area (Å²) in [5.74, 6) is 0.762. The first kappa shape index (κ1) is 38.3. The van der Waals surface area contributed by atoms with Gasteiger partial charge >= 0.3 is 17.9 Å². The van der Waals surface area contributed by atoms with Crippen LogP contribution in [0.5, 0.6) is 28.7 Å². The van der Waals surface area contributed by atoms with E-state index in [1.807, 2.05) is 6.92 Å². The molecule has 0 unspecified atom stereocenters. The van der Waals surface area contributed by atoms with Crippen LogP contribution in [0, 0.1) is 0 Å². The van der Waals surface area contributed by atoms with Gasteiger partial charge in [-0.1, -0.05) is 25.3 Å². The molecule has 268 valence electrons. The van der Waals surface area contributed by atoms with Crippen molar-refractivity contribution in [2.45, 2.75) is 26.4 Å². The van der Waals surface area contributed by atoms with E-state index in [-0.39, 0.29) is 6.61 Å². The summed E-state index contributed by atoms with van der Waals surface area (Å²) in [7, 11) is 0. The number of ether oxygens (including phenoxy) is 5. The van der Waals surface area contributed by atoms with Crippen molar-refractivity contribution in [1.29, 1.82) is 0 Å². The quantitative estimate of drug-likeness (QED) is 0.0176. The topological polar surface area (TPSA) is 141 Å². The van der Waals surface area contributed by atoms with Crippen molar-refractivity contribution in [3.8, 4) is 28.7 Å². The van der Waals surface area contributed by atoms with Crippen molar-refractivity contribution >= 4 is 30.3 Å². The molecule has 0 saturated carbocycles. The largest absolute Gasteiger partial charge is 0.494 e. The van der Waals surface area contributed by atoms with Gasteiger partial charge < -0.3 is 28.6 Å². The van der Waals surface area contributed by atoms with Crippen LogP contribution in [0.1, 0.15) is 46.8 Å². The molecule has 0 aromatic heterocycles. The van der Waals surface area contributed by atoms with E-state index in [0.717, 1.165) is 28.8 Å². The molecule has 52 heavy (non-hydrogen) atoms. The lowest BCUT2D eigenvalue weighted by Gasteiger charge is -2.11. The normalized spacial score (nSPS) is 10.8. The average Bonchev–Trinajstić information content (AvgIpc) is 3.17. The van der Waals surface area contributed by atoms with Crippen LogP contribution in [0.2, 0.25) is 0 Å². The molecule has 0 spiro atoms. The smallest absolute Gasteiger partial charge is 0.343 e. The first-order valence-corrected chi connectivity index (χ1v) is 16.3. The Hall–Kier alpha value is -6.53. The van der Waals surface area contributed by atoms with Gasteiger partial charge in [-0.25, -0.2) is 14.4 Å². The summed E-state index contributed by atoms with van der Waals surface area (Å²) in [6.07, 6.45) is 6.73. The second-order valence-electron chi connectivity index (χ2n) is 10.7. The van der Waals surface area contributed by atoms with Gasteiger partial charge in [0.15, 0.2) is 5.75 Å². The number of esters is 3. The van der Waals surface area contributed by atoms with E-state index in [0.29, 0.717) is 67.0 Å². The summed E-state index contributed by atoms with van der Waals surface area (Å²) in [4.78, 5) is 45.9. The Morgan fingerprint density at radius 1 is 0.654 bits per heavy atom. The standard InChI is InChI=1S/C40H38N2O10/c1-4-38(43)48-24-8-7-23-47-33-20-14-32(15-21-33)40(45)51-35-16-9-29(10-17-35)26-41-42-27-31-13-22-36(37(25-31)46-6-3)52-49-28-30-11-18-34(19-12-30)50-39(44)5-2/h4-5,9-22,25-27H,1-2,6-8,23-24,28H2,3H3/b41-26+,42-27+. The van der Waals surface area contributed by atoms with E-state index >= 15 is 0 Å². The zero-order valence-corrected chi connectivity index (χ0v) is 28.6. The molecule has 0 bridgehead atoms. The van der Waals surface area contributed by atoms with Gasteiger partial charge in [0, 0.05) is 12.2 Å². The molecular weight excluding hydrogens is 668 g/mol. The second kappa shape index (κ2) is 20.9. The van der Waals surface area contributed by atoms with E-state index in [4.69, 9.17) is 33.5 Å². The molecule has 12 heteroatoms. The molecule has 12 nitrogen and oxygen atoms in total. The molecule has 0 heterocycles. The Bertz CT molecular complexity index is 1850. The highest BCUT2D eigenvalue weighted by Gasteiger charge is 2.10. The molecule has 4 rings (SSSR count). The van der Waals surface area contributed by atoms with E-state index in [1.54, 1.807) is 103 Å². The predicted molar refractivity (Wildman–Crippen MR) is 194 cm³/mol. The third kappa shape index (κ3) is 13.1. The maximum Gasteiger partial charge on any atom is 0.343 e. The van der Waals surface area contributed by atoms with Crippen molar-refractivity contribution in [2.75, 3.05) is 19.8 Å². The molecule has 0 N–H and O–H groups in total. The SMILES string of the molecule is C=CC(=O)OCCCCOc1ccc(C(=O)Oc2ccc(/C=N/N=C/c3ccc(OOCc4ccc(OC(=O)C=C)cc4)c(OCC)c3)cc2)cc1. The summed E-state index contributed by atoms with van der Waals surface area (Å²) >= 11 is 0. The summed E-state index contributed by atoms with van der Waals surface area (Å²) in [6.45, 7) is 9.89. The van der Waals surface area contributed by atoms with Gasteiger partial charge in [0.1, 0.15) is 23.9 Å². The Morgan fingerprint density at radius 2 is 1.27 bits per heavy atom. The van der Waals surface area contributed by atoms with Crippen molar-refractivity contribution < 1.29 is 47.8 Å². The van der Waals surface area contributed by atoms with Gasteiger partial charge in [0.2, 0.25) is 5.75 Å². The Morgan fingerprint density at radius 3 is 1.96 bits per heavy atom. The van der Waals surface area contributed by atoms with Gasteiger partial charge in [-0.05, 0) is 115 Å². The molecule has 4 aromatic carbocycles. The first-order chi connectivity index (χ1) is 25.4. The van der Waals surface area contributed by atoms with Crippen molar-refractivity contribution in [3.05, 3.63) is 139 Å². The van der Waals surface area contributed by atoms with E-state index in [2.05, 4.69) is 23.4 Å². The number of rotatable bonds is 20. The van der Waals surface area contributed by atoms with Crippen LogP contribution in [-0.2, 0) is 25.8 Å². The van der Waals surface area contributed by atoms with Crippen molar-refractivity contribution in [3.63, 3.8) is 0 Å². The third-order valence-electron chi connectivity index (χ3n) is 6.83. The van der Waals surface area contributed by atoms with Gasteiger partial charge in [-0.3, -0.25) is 0 Å². The molecule has 0 aliphatic rings. The lowest BCUT2D eigenvalue weighted by molar-refractivity contribution is -0.218. The van der Waals surface area contributed by atoms with Crippen LogP contribution >= 0.6 is 0 Å². The van der Waals surface area contributed by atoms with E-state index < -0.39 is 17.9 Å². The Balaban J connectivity index is 1.21. The van der Waals surface area contributed by atoms with Crippen molar-refractivity contribution in [1.82, 2.24) is 0 Å². The first-order valence-electron chi connectivity index (χ1n) is 16.3. The lowest BCUT2D eigenvalue weighted by Crippen LogP contribution is -2.08. The fourth-order valence-electron chi connectivity index (χ4n) is 4.22. The fraction of sp³-hybridized carbons (Fsp3) is 0.175. The predicted octanol–water partition coefficient (Wildman–Crippen LogP) is 7.25. The highest BCUT2D eigenvalue weighted by molar-refractivity contribution is 5.91. The van der Waals surface area contributed by atoms with Gasteiger partial charge in [0.25, 0.3) is 0 Å². The van der Waals surface area contributed by atoms with Gasteiger partial charge in [0.05, 0.1) is 37.8 Å². The molecule has 4 aromatic rings. The number of nitrogens with zero attached hydrogens (tertiary/aromatic N) is 2. The number of benzene rings is 4. The van der Waals surface area contributed by atoms with Crippen LogP contribution in [0.3, 0.4) is 0 Å². The van der Waals surface area contributed by atoms with E-state index in [9.17, 15) is 14.4 Å². The number of carbonyl (C=O) groups is 3. The van der Waals surface area contributed by atoms with Crippen LogP contribution in [0.4, 0.5) is 0 Å². The molecular formula is C40H38N2O10. The zero-order valence-electron chi connectivity index (χ0n) is 28.6. The maximum atomic E-state index is 12.6. The molecule has 0 atom stereocenters. The molecule has 0 amide bonds. The monoisotopic (exact) mass is 706 g/mol. The molecule has 0 aliphatic heterocycles. The summed E-state index contributed by atoms with van der Waals surface area (Å²) in [5, 5.41) is 8.23. The minimum Gasteiger partial charge on any atom is -0.494 e. The lowest BCUT2D eigenvalue weighted by atomic mass is 10.2. The summed E-state index contributed by atoms with van der Waals surface area (Å²) < 4.78 is 26.8. The zero-order chi connectivity index (χ0) is 37.0. The highest BCUT2D eigenvalue weighted by atomic mass is 17.2.